The predicted octanol–water partition coefficient (Wildman–Crippen LogP) is 1.48. The molecule has 2 aliphatic heterocycles. The molecule has 7 heteroatoms. The van der Waals surface area contributed by atoms with E-state index >= 15 is 0 Å². The standard InChI is InChI=1S/C17H28N4O3/c1-3-17-18-16(19-24-17)12-21(13(2)22)15-4-7-20(11-15)10-14-5-8-23-9-6-14/h14-15H,3-12H2,1-2H3/t15-/m1/s1. The van der Waals surface area contributed by atoms with E-state index in [0.29, 0.717) is 18.3 Å². The summed E-state index contributed by atoms with van der Waals surface area (Å²) in [5.74, 6) is 2.04. The van der Waals surface area contributed by atoms with E-state index in [4.69, 9.17) is 9.26 Å². The highest BCUT2D eigenvalue weighted by Crippen LogP contribution is 2.22. The van der Waals surface area contributed by atoms with E-state index in [1.165, 1.54) is 0 Å². The molecule has 2 fully saturated rings. The number of hydrogen-bond donors (Lipinski definition) is 0. The van der Waals surface area contributed by atoms with Gasteiger partial charge in [0.15, 0.2) is 5.82 Å². The van der Waals surface area contributed by atoms with Gasteiger partial charge >= 0.3 is 0 Å². The molecule has 1 atom stereocenters. The number of carbonyl (C=O) groups is 1. The van der Waals surface area contributed by atoms with Crippen LogP contribution in [0.25, 0.3) is 0 Å². The maximum Gasteiger partial charge on any atom is 0.226 e. The van der Waals surface area contributed by atoms with Crippen molar-refractivity contribution in [3.8, 4) is 0 Å². The molecule has 7 nitrogen and oxygen atoms in total. The van der Waals surface area contributed by atoms with Crippen LogP contribution in [0.15, 0.2) is 4.52 Å². The maximum absolute atomic E-state index is 12.1. The fourth-order valence-corrected chi connectivity index (χ4v) is 3.67. The molecule has 1 amide bonds. The molecule has 0 aliphatic carbocycles. The van der Waals surface area contributed by atoms with Crippen LogP contribution in [0, 0.1) is 5.92 Å². The summed E-state index contributed by atoms with van der Waals surface area (Å²) in [6.45, 7) is 8.93. The first-order valence-electron chi connectivity index (χ1n) is 9.04. The van der Waals surface area contributed by atoms with Gasteiger partial charge in [0.1, 0.15) is 0 Å². The topological polar surface area (TPSA) is 71.7 Å². The van der Waals surface area contributed by atoms with Crippen LogP contribution in [0.5, 0.6) is 0 Å². The predicted molar refractivity (Wildman–Crippen MR) is 88.3 cm³/mol. The van der Waals surface area contributed by atoms with Crippen molar-refractivity contribution in [3.63, 3.8) is 0 Å². The molecular weight excluding hydrogens is 308 g/mol. The quantitative estimate of drug-likeness (QED) is 0.784. The fourth-order valence-electron chi connectivity index (χ4n) is 3.67. The maximum atomic E-state index is 12.1. The van der Waals surface area contributed by atoms with Crippen LogP contribution in [0.2, 0.25) is 0 Å². The lowest BCUT2D eigenvalue weighted by molar-refractivity contribution is -0.131. The molecule has 134 valence electrons. The first-order chi connectivity index (χ1) is 11.7. The number of amides is 1. The Kier molecular flexibility index (Phi) is 5.84. The van der Waals surface area contributed by atoms with E-state index in [9.17, 15) is 4.79 Å². The second kappa shape index (κ2) is 8.07. The van der Waals surface area contributed by atoms with E-state index in [1.807, 2.05) is 11.8 Å². The van der Waals surface area contributed by atoms with E-state index in [1.54, 1.807) is 6.92 Å². The molecular formula is C17H28N4O3. The van der Waals surface area contributed by atoms with Gasteiger partial charge in [-0.2, -0.15) is 4.98 Å². The Morgan fingerprint density at radius 3 is 2.79 bits per heavy atom. The minimum atomic E-state index is 0.0794. The Morgan fingerprint density at radius 2 is 2.12 bits per heavy atom. The summed E-state index contributed by atoms with van der Waals surface area (Å²) in [6.07, 6.45) is 4.04. The van der Waals surface area contributed by atoms with Crippen LogP contribution >= 0.6 is 0 Å². The number of hydrogen-bond acceptors (Lipinski definition) is 6. The highest BCUT2D eigenvalue weighted by molar-refractivity contribution is 5.73. The van der Waals surface area contributed by atoms with Crippen LogP contribution in [0.3, 0.4) is 0 Å². The summed E-state index contributed by atoms with van der Waals surface area (Å²) < 4.78 is 10.6. The SMILES string of the molecule is CCc1nc(CN(C(C)=O)[C@@H]2CCN(CC3CCOCC3)C2)no1. The summed E-state index contributed by atoms with van der Waals surface area (Å²) >= 11 is 0. The van der Waals surface area contributed by atoms with E-state index in [2.05, 4.69) is 15.0 Å². The van der Waals surface area contributed by atoms with Crippen molar-refractivity contribution in [1.82, 2.24) is 19.9 Å². The van der Waals surface area contributed by atoms with E-state index in [0.717, 1.165) is 64.4 Å². The van der Waals surface area contributed by atoms with Crippen molar-refractivity contribution < 1.29 is 14.1 Å². The summed E-state index contributed by atoms with van der Waals surface area (Å²) in [5, 5.41) is 3.99. The van der Waals surface area contributed by atoms with Gasteiger partial charge in [0.2, 0.25) is 11.8 Å². The second-order valence-corrected chi connectivity index (χ2v) is 6.86. The lowest BCUT2D eigenvalue weighted by Gasteiger charge is -2.29. The lowest BCUT2D eigenvalue weighted by atomic mass is 10.00. The van der Waals surface area contributed by atoms with Crippen LogP contribution in [0.1, 0.15) is 44.8 Å². The molecule has 1 aromatic heterocycles. The smallest absolute Gasteiger partial charge is 0.226 e. The number of aryl methyl sites for hydroxylation is 1. The van der Waals surface area contributed by atoms with Gasteiger partial charge in [0.25, 0.3) is 0 Å². The third kappa shape index (κ3) is 4.33. The van der Waals surface area contributed by atoms with Gasteiger partial charge in [0.05, 0.1) is 6.54 Å². The molecule has 0 N–H and O–H groups in total. The van der Waals surface area contributed by atoms with Gasteiger partial charge in [-0.3, -0.25) is 4.79 Å². The van der Waals surface area contributed by atoms with Crippen LogP contribution in [0.4, 0.5) is 0 Å². The average molecular weight is 336 g/mol. The zero-order valence-corrected chi connectivity index (χ0v) is 14.7. The van der Waals surface area contributed by atoms with Gasteiger partial charge in [-0.15, -0.1) is 0 Å². The lowest BCUT2D eigenvalue weighted by Crippen LogP contribution is -2.41. The normalized spacial score (nSPS) is 22.8. The summed E-state index contributed by atoms with van der Waals surface area (Å²) in [7, 11) is 0. The van der Waals surface area contributed by atoms with Crippen molar-refractivity contribution in [3.05, 3.63) is 11.7 Å². The molecule has 0 unspecified atom stereocenters. The van der Waals surface area contributed by atoms with E-state index in [-0.39, 0.29) is 11.9 Å². The highest BCUT2D eigenvalue weighted by Gasteiger charge is 2.31. The Hall–Kier alpha value is -1.47. The molecule has 3 rings (SSSR count). The molecule has 2 aliphatic rings. The molecule has 24 heavy (non-hydrogen) atoms. The number of likely N-dealkylation sites (tertiary alicyclic amines) is 1. The molecule has 0 radical (unpaired) electrons. The second-order valence-electron chi connectivity index (χ2n) is 6.86. The third-order valence-electron chi connectivity index (χ3n) is 5.07. The summed E-state index contributed by atoms with van der Waals surface area (Å²) in [6, 6.07) is 0.242. The zero-order valence-electron chi connectivity index (χ0n) is 14.7. The molecule has 3 heterocycles. The monoisotopic (exact) mass is 336 g/mol. The molecule has 2 saturated heterocycles. The van der Waals surface area contributed by atoms with Crippen molar-refractivity contribution in [2.45, 2.75) is 52.1 Å². The van der Waals surface area contributed by atoms with Crippen LogP contribution in [-0.4, -0.2) is 64.7 Å². The number of carbonyl (C=O) groups excluding carboxylic acids is 1. The Balaban J connectivity index is 1.55. The Bertz CT molecular complexity index is 542. The summed E-state index contributed by atoms with van der Waals surface area (Å²) in [4.78, 5) is 20.8. The van der Waals surface area contributed by atoms with Gasteiger partial charge < -0.3 is 19.1 Å². The number of ether oxygens (including phenoxy) is 1. The molecule has 1 aromatic rings. The highest BCUT2D eigenvalue weighted by atomic mass is 16.5. The Labute approximate surface area is 143 Å². The first kappa shape index (κ1) is 17.4. The zero-order chi connectivity index (χ0) is 16.9. The van der Waals surface area contributed by atoms with Crippen LogP contribution in [-0.2, 0) is 22.5 Å². The molecule has 0 spiro atoms. The van der Waals surface area contributed by atoms with Crippen molar-refractivity contribution >= 4 is 5.91 Å². The minimum Gasteiger partial charge on any atom is -0.381 e. The largest absolute Gasteiger partial charge is 0.381 e. The van der Waals surface area contributed by atoms with Gasteiger partial charge in [-0.1, -0.05) is 12.1 Å². The first-order valence-corrected chi connectivity index (χ1v) is 9.04. The summed E-state index contributed by atoms with van der Waals surface area (Å²) in [5.41, 5.74) is 0. The van der Waals surface area contributed by atoms with Crippen LogP contribution < -0.4 is 0 Å². The van der Waals surface area contributed by atoms with Gasteiger partial charge in [-0.25, -0.2) is 0 Å². The fraction of sp³-hybridized carbons (Fsp3) is 0.824. The number of rotatable bonds is 6. The van der Waals surface area contributed by atoms with Crippen molar-refractivity contribution in [2.75, 3.05) is 32.8 Å². The van der Waals surface area contributed by atoms with Crippen molar-refractivity contribution in [1.29, 1.82) is 0 Å². The minimum absolute atomic E-state index is 0.0794. The number of aromatic nitrogens is 2. The number of nitrogens with zero attached hydrogens (tertiary/aromatic N) is 4. The Morgan fingerprint density at radius 1 is 1.33 bits per heavy atom. The van der Waals surface area contributed by atoms with Gasteiger partial charge in [0, 0.05) is 52.2 Å². The van der Waals surface area contributed by atoms with Gasteiger partial charge in [-0.05, 0) is 25.2 Å². The average Bonchev–Trinajstić information content (AvgIpc) is 3.22. The molecule has 0 saturated carbocycles. The van der Waals surface area contributed by atoms with Crippen molar-refractivity contribution in [2.24, 2.45) is 5.92 Å². The molecule has 0 aromatic carbocycles. The molecule has 0 bridgehead atoms. The van der Waals surface area contributed by atoms with E-state index < -0.39 is 0 Å². The third-order valence-corrected chi connectivity index (χ3v) is 5.07.